The van der Waals surface area contributed by atoms with E-state index in [0.29, 0.717) is 16.7 Å². The minimum Gasteiger partial charge on any atom is -0.490 e. The lowest BCUT2D eigenvalue weighted by molar-refractivity contribution is -0.385. The molecule has 0 saturated heterocycles. The zero-order valence-electron chi connectivity index (χ0n) is 21.4. The number of nitrogens with zero attached hydrogens (tertiary/aromatic N) is 3. The third kappa shape index (κ3) is 7.26. The summed E-state index contributed by atoms with van der Waals surface area (Å²) in [5.74, 6) is -1.01. The van der Waals surface area contributed by atoms with Gasteiger partial charge in [0.25, 0.3) is 11.8 Å². The van der Waals surface area contributed by atoms with E-state index in [9.17, 15) is 19.7 Å². The predicted octanol–water partition coefficient (Wildman–Crippen LogP) is 4.37. The fourth-order valence-electron chi connectivity index (χ4n) is 3.63. The molecule has 3 aromatic rings. The number of methoxy groups -OCH3 is 1. The average molecular weight is 516 g/mol. The maximum atomic E-state index is 13.0. The first-order valence-electron chi connectivity index (χ1n) is 11.9. The Bertz CT molecular complexity index is 1330. The second-order valence-electron chi connectivity index (χ2n) is 8.03. The van der Waals surface area contributed by atoms with Crippen molar-refractivity contribution in [2.75, 3.05) is 25.1 Å². The van der Waals surface area contributed by atoms with Crippen molar-refractivity contribution in [3.63, 3.8) is 0 Å². The Balaban J connectivity index is 1.84. The van der Waals surface area contributed by atoms with Crippen molar-refractivity contribution in [1.82, 2.24) is 10.7 Å². The quantitative estimate of drug-likeness (QED) is 0.169. The normalized spacial score (nSPS) is 11.2. The maximum Gasteiger partial charge on any atom is 0.311 e. The molecule has 0 bridgehead atoms. The third-order valence-electron chi connectivity index (χ3n) is 5.64. The van der Waals surface area contributed by atoms with Crippen LogP contribution in [0.5, 0.6) is 5.75 Å². The highest BCUT2D eigenvalue weighted by Gasteiger charge is 2.16. The number of ether oxygens (including phenoxy) is 1. The van der Waals surface area contributed by atoms with E-state index in [4.69, 9.17) is 4.74 Å². The Labute approximate surface area is 220 Å². The zero-order chi connectivity index (χ0) is 27.5. The van der Waals surface area contributed by atoms with Gasteiger partial charge in [0.2, 0.25) is 0 Å². The van der Waals surface area contributed by atoms with Gasteiger partial charge in [-0.2, -0.15) is 5.10 Å². The van der Waals surface area contributed by atoms with Crippen LogP contribution in [0.4, 0.5) is 11.4 Å². The Morgan fingerprint density at radius 3 is 2.26 bits per heavy atom. The molecule has 0 unspecified atom stereocenters. The smallest absolute Gasteiger partial charge is 0.311 e. The number of carbonyl (C=O) groups is 2. The Kier molecular flexibility index (Phi) is 9.70. The summed E-state index contributed by atoms with van der Waals surface area (Å²) in [5.41, 5.74) is 4.63. The van der Waals surface area contributed by atoms with E-state index in [1.54, 1.807) is 42.5 Å². The minimum atomic E-state index is -0.665. The van der Waals surface area contributed by atoms with Gasteiger partial charge in [-0.15, -0.1) is 0 Å². The van der Waals surface area contributed by atoms with Crippen LogP contribution < -0.4 is 20.4 Å². The van der Waals surface area contributed by atoms with Crippen LogP contribution in [-0.2, 0) is 4.79 Å². The van der Waals surface area contributed by atoms with Crippen LogP contribution in [0.15, 0.2) is 83.6 Å². The van der Waals surface area contributed by atoms with Crippen LogP contribution in [0.3, 0.4) is 0 Å². The molecular weight excluding hydrogens is 486 g/mol. The van der Waals surface area contributed by atoms with Crippen LogP contribution in [0.2, 0.25) is 0 Å². The summed E-state index contributed by atoms with van der Waals surface area (Å²) in [4.78, 5) is 38.7. The molecule has 0 aliphatic heterocycles. The summed E-state index contributed by atoms with van der Waals surface area (Å²) in [7, 11) is 1.34. The van der Waals surface area contributed by atoms with Crippen LogP contribution in [-0.4, -0.2) is 43.2 Å². The van der Waals surface area contributed by atoms with E-state index in [2.05, 4.69) is 34.6 Å². The van der Waals surface area contributed by atoms with Crippen molar-refractivity contribution in [1.29, 1.82) is 0 Å². The second kappa shape index (κ2) is 13.4. The monoisotopic (exact) mass is 515 g/mol. The lowest BCUT2D eigenvalue weighted by Gasteiger charge is -2.20. The standard InChI is InChI=1S/C28H29N5O5/c1-4-32(5-2)23-14-11-20(12-15-23)17-24(30-27(34)22-9-7-6-8-10-22)28(35)31-29-19-21-13-16-26(38-3)25(18-21)33(36)37/h6-19H,4-5H2,1-3H3,(H,30,34)(H,31,35). The first-order chi connectivity index (χ1) is 18.4. The molecule has 2 N–H and O–H groups in total. The molecule has 0 aromatic heterocycles. The lowest BCUT2D eigenvalue weighted by atomic mass is 10.1. The van der Waals surface area contributed by atoms with E-state index in [-0.39, 0.29) is 17.1 Å². The molecule has 2 amide bonds. The number of hydrogen-bond acceptors (Lipinski definition) is 7. The summed E-state index contributed by atoms with van der Waals surface area (Å²) in [6.07, 6.45) is 2.82. The molecule has 196 valence electrons. The predicted molar refractivity (Wildman–Crippen MR) is 147 cm³/mol. The van der Waals surface area contributed by atoms with Gasteiger partial charge in [0.15, 0.2) is 5.75 Å². The van der Waals surface area contributed by atoms with E-state index >= 15 is 0 Å². The van der Waals surface area contributed by atoms with E-state index in [1.165, 1.54) is 25.5 Å². The fraction of sp³-hybridized carbons (Fsp3) is 0.179. The van der Waals surface area contributed by atoms with Gasteiger partial charge in [-0.05, 0) is 61.9 Å². The van der Waals surface area contributed by atoms with Crippen molar-refractivity contribution < 1.29 is 19.2 Å². The number of anilines is 1. The van der Waals surface area contributed by atoms with Gasteiger partial charge in [-0.25, -0.2) is 5.43 Å². The van der Waals surface area contributed by atoms with E-state index in [0.717, 1.165) is 18.8 Å². The van der Waals surface area contributed by atoms with E-state index in [1.807, 2.05) is 24.3 Å². The number of hydrazone groups is 1. The van der Waals surface area contributed by atoms with Crippen molar-refractivity contribution >= 4 is 35.5 Å². The summed E-state index contributed by atoms with van der Waals surface area (Å²) >= 11 is 0. The number of amides is 2. The molecule has 3 aromatic carbocycles. The van der Waals surface area contributed by atoms with Crippen molar-refractivity contribution in [3.05, 3.63) is 105 Å². The average Bonchev–Trinajstić information content (AvgIpc) is 2.94. The maximum absolute atomic E-state index is 13.0. The largest absolute Gasteiger partial charge is 0.490 e. The van der Waals surface area contributed by atoms with Crippen molar-refractivity contribution in [3.8, 4) is 5.75 Å². The Hall–Kier alpha value is -4.99. The molecule has 0 aliphatic rings. The van der Waals surface area contributed by atoms with E-state index < -0.39 is 16.7 Å². The highest BCUT2D eigenvalue weighted by atomic mass is 16.6. The summed E-state index contributed by atoms with van der Waals surface area (Å²) in [5, 5.41) is 17.8. The van der Waals surface area contributed by atoms with Gasteiger partial charge in [0, 0.05) is 36.0 Å². The first-order valence-corrected chi connectivity index (χ1v) is 11.9. The molecule has 0 radical (unpaired) electrons. The third-order valence-corrected chi connectivity index (χ3v) is 5.64. The highest BCUT2D eigenvalue weighted by molar-refractivity contribution is 6.05. The van der Waals surface area contributed by atoms with Crippen LogP contribution in [0.1, 0.15) is 35.3 Å². The molecule has 0 atom stereocenters. The number of carbonyl (C=O) groups excluding carboxylic acids is 2. The van der Waals surface area contributed by atoms with Crippen LogP contribution in [0.25, 0.3) is 6.08 Å². The summed E-state index contributed by atoms with van der Waals surface area (Å²) in [6.45, 7) is 5.87. The van der Waals surface area contributed by atoms with Crippen LogP contribution >= 0.6 is 0 Å². The fourth-order valence-corrected chi connectivity index (χ4v) is 3.63. The van der Waals surface area contributed by atoms with Gasteiger partial charge in [-0.1, -0.05) is 30.3 Å². The lowest BCUT2D eigenvalue weighted by Crippen LogP contribution is -2.32. The first kappa shape index (κ1) is 27.6. The molecular formula is C28H29N5O5. The zero-order valence-corrected chi connectivity index (χ0v) is 21.4. The number of nitro groups is 1. The molecule has 0 aliphatic carbocycles. The number of nitro benzene ring substituents is 1. The molecule has 10 nitrogen and oxygen atoms in total. The van der Waals surface area contributed by atoms with Gasteiger partial charge in [-0.3, -0.25) is 19.7 Å². The van der Waals surface area contributed by atoms with Gasteiger partial charge >= 0.3 is 5.69 Å². The van der Waals surface area contributed by atoms with Gasteiger partial charge < -0.3 is 15.0 Å². The van der Waals surface area contributed by atoms with Crippen LogP contribution in [0, 0.1) is 10.1 Å². The molecule has 3 rings (SSSR count). The van der Waals surface area contributed by atoms with Gasteiger partial charge in [0.1, 0.15) is 5.70 Å². The van der Waals surface area contributed by atoms with Crippen molar-refractivity contribution in [2.45, 2.75) is 13.8 Å². The Morgan fingerprint density at radius 1 is 1.00 bits per heavy atom. The summed E-state index contributed by atoms with van der Waals surface area (Å²) in [6, 6.07) is 20.4. The molecule has 0 heterocycles. The highest BCUT2D eigenvalue weighted by Crippen LogP contribution is 2.26. The minimum absolute atomic E-state index is 0.0210. The van der Waals surface area contributed by atoms with Gasteiger partial charge in [0.05, 0.1) is 18.2 Å². The molecule has 0 spiro atoms. The molecule has 10 heteroatoms. The number of benzene rings is 3. The Morgan fingerprint density at radius 2 is 1.66 bits per heavy atom. The second-order valence-corrected chi connectivity index (χ2v) is 8.03. The molecule has 38 heavy (non-hydrogen) atoms. The molecule has 0 fully saturated rings. The SMILES string of the molecule is CCN(CC)c1ccc(C=C(NC(=O)c2ccccc2)C(=O)NN=Cc2ccc(OC)c([N+](=O)[O-])c2)cc1. The number of hydrogen-bond donors (Lipinski definition) is 2. The molecule has 0 saturated carbocycles. The summed E-state index contributed by atoms with van der Waals surface area (Å²) < 4.78 is 4.99. The topological polar surface area (TPSA) is 126 Å². The number of rotatable bonds is 11. The number of nitrogens with one attached hydrogen (secondary N) is 2. The van der Waals surface area contributed by atoms with Crippen molar-refractivity contribution in [2.24, 2.45) is 5.10 Å².